The number of anilines is 1. The van der Waals surface area contributed by atoms with Gasteiger partial charge >= 0.3 is 0 Å². The molecule has 0 saturated heterocycles. The maximum atomic E-state index is 13.8. The maximum Gasteiger partial charge on any atom is 0.241 e. The Morgan fingerprint density at radius 3 is 2.60 bits per heavy atom. The molecule has 2 aromatic rings. The number of aromatic nitrogens is 3. The van der Waals surface area contributed by atoms with Crippen LogP contribution in [0.2, 0.25) is 0 Å². The SMILES string of the molecule is COCC(c1cc(F)cnc1OC)n1cc(NC(=O)[C@@H](N)C(C2CC2)C2CC2)cn1. The van der Waals surface area contributed by atoms with Gasteiger partial charge in [-0.2, -0.15) is 5.10 Å². The highest BCUT2D eigenvalue weighted by atomic mass is 19.1. The molecule has 4 rings (SSSR count). The van der Waals surface area contributed by atoms with Crippen molar-refractivity contribution in [1.29, 1.82) is 0 Å². The standard InChI is InChI=1S/C21H28FN5O3/c1-29-11-17(16-7-14(22)8-24-21(16)30-2)27-10-15(9-25-27)26-20(28)19(23)18(12-3-4-12)13-5-6-13/h7-10,12-13,17-19H,3-6,11,23H2,1-2H3,(H,26,28)/t17?,19-/m0/s1. The predicted molar refractivity (Wildman–Crippen MR) is 109 cm³/mol. The molecule has 0 radical (unpaired) electrons. The van der Waals surface area contributed by atoms with Crippen LogP contribution in [-0.4, -0.2) is 47.5 Å². The highest BCUT2D eigenvalue weighted by molar-refractivity contribution is 5.94. The van der Waals surface area contributed by atoms with E-state index in [1.54, 1.807) is 24.2 Å². The fraction of sp³-hybridized carbons (Fsp3) is 0.571. The second-order valence-electron chi connectivity index (χ2n) is 8.20. The monoisotopic (exact) mass is 417 g/mol. The van der Waals surface area contributed by atoms with E-state index in [-0.39, 0.29) is 18.4 Å². The van der Waals surface area contributed by atoms with Crippen LogP contribution in [0.1, 0.15) is 37.3 Å². The Hall–Kier alpha value is -2.52. The van der Waals surface area contributed by atoms with Gasteiger partial charge in [0.15, 0.2) is 0 Å². The molecule has 0 spiro atoms. The number of methoxy groups -OCH3 is 2. The quantitative estimate of drug-likeness (QED) is 0.615. The molecule has 2 aliphatic rings. The van der Waals surface area contributed by atoms with Gasteiger partial charge in [-0.05, 0) is 49.5 Å². The van der Waals surface area contributed by atoms with Gasteiger partial charge in [-0.1, -0.05) is 0 Å². The van der Waals surface area contributed by atoms with Gasteiger partial charge < -0.3 is 20.5 Å². The van der Waals surface area contributed by atoms with E-state index in [2.05, 4.69) is 15.4 Å². The molecule has 1 unspecified atom stereocenters. The zero-order valence-electron chi connectivity index (χ0n) is 17.3. The Morgan fingerprint density at radius 2 is 2.00 bits per heavy atom. The summed E-state index contributed by atoms with van der Waals surface area (Å²) in [6.45, 7) is 0.224. The van der Waals surface area contributed by atoms with E-state index in [1.165, 1.54) is 38.9 Å². The van der Waals surface area contributed by atoms with Crippen molar-refractivity contribution < 1.29 is 18.7 Å². The number of halogens is 1. The van der Waals surface area contributed by atoms with E-state index in [1.807, 2.05) is 0 Å². The first-order valence-electron chi connectivity index (χ1n) is 10.3. The average Bonchev–Trinajstić information content (AvgIpc) is 3.67. The summed E-state index contributed by atoms with van der Waals surface area (Å²) in [6.07, 6.45) is 9.01. The maximum absolute atomic E-state index is 13.8. The molecule has 2 fully saturated rings. The smallest absolute Gasteiger partial charge is 0.241 e. The minimum absolute atomic E-state index is 0.188. The molecule has 0 aliphatic heterocycles. The van der Waals surface area contributed by atoms with Crippen LogP contribution in [0.25, 0.3) is 0 Å². The summed E-state index contributed by atoms with van der Waals surface area (Å²) in [5, 5.41) is 7.23. The number of hydrogen-bond donors (Lipinski definition) is 2. The molecule has 3 N–H and O–H groups in total. The Balaban J connectivity index is 1.50. The lowest BCUT2D eigenvalue weighted by molar-refractivity contribution is -0.118. The topological polar surface area (TPSA) is 104 Å². The first kappa shape index (κ1) is 20.7. The molecule has 0 aromatic carbocycles. The lowest BCUT2D eigenvalue weighted by atomic mass is 9.89. The molecule has 8 nitrogen and oxygen atoms in total. The van der Waals surface area contributed by atoms with Crippen molar-refractivity contribution in [2.75, 3.05) is 26.1 Å². The lowest BCUT2D eigenvalue weighted by Crippen LogP contribution is -2.43. The van der Waals surface area contributed by atoms with E-state index in [4.69, 9.17) is 15.2 Å². The zero-order valence-corrected chi connectivity index (χ0v) is 17.3. The summed E-state index contributed by atoms with van der Waals surface area (Å²) in [7, 11) is 3.02. The Labute approximate surface area is 174 Å². The minimum Gasteiger partial charge on any atom is -0.481 e. The molecule has 2 aromatic heterocycles. The molecule has 2 saturated carbocycles. The molecule has 2 atom stereocenters. The Bertz CT molecular complexity index is 885. The normalized spacial score (nSPS) is 18.3. The van der Waals surface area contributed by atoms with Crippen LogP contribution >= 0.6 is 0 Å². The van der Waals surface area contributed by atoms with Gasteiger partial charge in [0, 0.05) is 18.9 Å². The van der Waals surface area contributed by atoms with Crippen LogP contribution in [0.3, 0.4) is 0 Å². The summed E-state index contributed by atoms with van der Waals surface area (Å²) >= 11 is 0. The number of hydrogen-bond acceptors (Lipinski definition) is 6. The summed E-state index contributed by atoms with van der Waals surface area (Å²) in [5.41, 5.74) is 7.36. The van der Waals surface area contributed by atoms with Gasteiger partial charge in [0.25, 0.3) is 0 Å². The minimum atomic E-state index is -0.518. The van der Waals surface area contributed by atoms with Crippen molar-refractivity contribution in [3.8, 4) is 5.88 Å². The second-order valence-corrected chi connectivity index (χ2v) is 8.20. The van der Waals surface area contributed by atoms with E-state index >= 15 is 0 Å². The summed E-state index contributed by atoms with van der Waals surface area (Å²) in [6, 6.07) is 0.357. The van der Waals surface area contributed by atoms with Crippen LogP contribution in [0.4, 0.5) is 10.1 Å². The van der Waals surface area contributed by atoms with Crippen LogP contribution < -0.4 is 15.8 Å². The van der Waals surface area contributed by atoms with E-state index < -0.39 is 17.9 Å². The van der Waals surface area contributed by atoms with Crippen LogP contribution in [-0.2, 0) is 9.53 Å². The van der Waals surface area contributed by atoms with Crippen molar-refractivity contribution in [3.05, 3.63) is 36.0 Å². The molecular formula is C21H28FN5O3. The number of carbonyl (C=O) groups excluding carboxylic acids is 1. The number of nitrogens with one attached hydrogen (secondary N) is 1. The number of amides is 1. The molecule has 162 valence electrons. The van der Waals surface area contributed by atoms with Gasteiger partial charge in [0.05, 0.1) is 37.8 Å². The first-order chi connectivity index (χ1) is 14.5. The number of rotatable bonds is 10. The fourth-order valence-corrected chi connectivity index (χ4v) is 4.23. The first-order valence-corrected chi connectivity index (χ1v) is 10.3. The van der Waals surface area contributed by atoms with Crippen LogP contribution in [0, 0.1) is 23.6 Å². The lowest BCUT2D eigenvalue weighted by Gasteiger charge is -2.22. The highest BCUT2D eigenvalue weighted by Gasteiger charge is 2.46. The summed E-state index contributed by atoms with van der Waals surface area (Å²) < 4.78 is 26.0. The van der Waals surface area contributed by atoms with E-state index in [0.29, 0.717) is 29.0 Å². The van der Waals surface area contributed by atoms with Gasteiger partial charge in [-0.15, -0.1) is 0 Å². The Morgan fingerprint density at radius 1 is 1.30 bits per heavy atom. The second kappa shape index (κ2) is 8.69. The summed E-state index contributed by atoms with van der Waals surface area (Å²) in [4.78, 5) is 16.7. The van der Waals surface area contributed by atoms with Crippen molar-refractivity contribution in [2.24, 2.45) is 23.5 Å². The molecule has 2 aliphatic carbocycles. The molecule has 30 heavy (non-hydrogen) atoms. The third kappa shape index (κ3) is 4.46. The average molecular weight is 417 g/mol. The van der Waals surface area contributed by atoms with Crippen molar-refractivity contribution in [2.45, 2.75) is 37.8 Å². The predicted octanol–water partition coefficient (Wildman–Crippen LogP) is 2.36. The van der Waals surface area contributed by atoms with E-state index in [9.17, 15) is 9.18 Å². The Kier molecular flexibility index (Phi) is 6.01. The third-order valence-corrected chi connectivity index (χ3v) is 5.96. The van der Waals surface area contributed by atoms with Crippen LogP contribution in [0.15, 0.2) is 24.7 Å². The van der Waals surface area contributed by atoms with Crippen molar-refractivity contribution in [1.82, 2.24) is 14.8 Å². The van der Waals surface area contributed by atoms with Gasteiger partial charge in [-0.3, -0.25) is 9.48 Å². The molecular weight excluding hydrogens is 389 g/mol. The molecule has 9 heteroatoms. The third-order valence-electron chi connectivity index (χ3n) is 5.96. The number of nitrogens with zero attached hydrogens (tertiary/aromatic N) is 3. The van der Waals surface area contributed by atoms with Gasteiger partial charge in [-0.25, -0.2) is 9.37 Å². The largest absolute Gasteiger partial charge is 0.481 e. The van der Waals surface area contributed by atoms with Gasteiger partial charge in [0.1, 0.15) is 11.9 Å². The summed E-state index contributed by atoms with van der Waals surface area (Å²) in [5.74, 6) is 1.05. The molecule has 2 heterocycles. The number of carbonyl (C=O) groups is 1. The van der Waals surface area contributed by atoms with Crippen molar-refractivity contribution >= 4 is 11.6 Å². The number of nitrogens with two attached hydrogens (primary N) is 1. The van der Waals surface area contributed by atoms with Crippen molar-refractivity contribution in [3.63, 3.8) is 0 Å². The zero-order chi connectivity index (χ0) is 21.3. The van der Waals surface area contributed by atoms with Crippen LogP contribution in [0.5, 0.6) is 5.88 Å². The number of ether oxygens (including phenoxy) is 2. The van der Waals surface area contributed by atoms with E-state index in [0.717, 1.165) is 6.20 Å². The number of pyridine rings is 1. The fourth-order valence-electron chi connectivity index (χ4n) is 4.23. The molecule has 1 amide bonds. The highest BCUT2D eigenvalue weighted by Crippen LogP contribution is 2.50. The molecule has 0 bridgehead atoms. The van der Waals surface area contributed by atoms with Gasteiger partial charge in [0.2, 0.25) is 11.8 Å².